The third-order valence-electron chi connectivity index (χ3n) is 0.766. The molecule has 0 aliphatic heterocycles. The Kier molecular flexibility index (Phi) is 3.48. The fraction of sp³-hybridized carbons (Fsp3) is 1.00. The summed E-state index contributed by atoms with van der Waals surface area (Å²) in [5.41, 5.74) is 0. The molecule has 0 bridgehead atoms. The lowest BCUT2D eigenvalue weighted by molar-refractivity contribution is 0.620. The van der Waals surface area contributed by atoms with Gasteiger partial charge in [0.25, 0.3) is 0 Å². The summed E-state index contributed by atoms with van der Waals surface area (Å²) in [6, 6.07) is 0. The molecule has 0 aromatic carbocycles. The van der Waals surface area contributed by atoms with Gasteiger partial charge in [-0.1, -0.05) is 15.9 Å². The molecule has 0 saturated carbocycles. The summed E-state index contributed by atoms with van der Waals surface area (Å²) in [7, 11) is 2.61. The van der Waals surface area contributed by atoms with E-state index < -0.39 is 0 Å². The molecule has 2 atom stereocenters. The van der Waals surface area contributed by atoms with Gasteiger partial charge in [0.15, 0.2) is 0 Å². The van der Waals surface area contributed by atoms with Crippen LogP contribution < -0.4 is 0 Å². The van der Waals surface area contributed by atoms with Crippen LogP contribution in [0.1, 0.15) is 27.2 Å². The Hall–Kier alpha value is 1.20. The zero-order valence-electron chi connectivity index (χ0n) is 6.04. The highest BCUT2D eigenvalue weighted by atomic mass is 79.9. The Balaban J connectivity index is 3.75. The van der Waals surface area contributed by atoms with Gasteiger partial charge in [0.1, 0.15) is 0 Å². The van der Waals surface area contributed by atoms with E-state index in [1.54, 1.807) is 0 Å². The second-order valence-electron chi connectivity index (χ2n) is 3.17. The quantitative estimate of drug-likeness (QED) is 0.505. The molecule has 0 radical (unpaired) electrons. The third kappa shape index (κ3) is 9.20. The second-order valence-corrected chi connectivity index (χ2v) is 7.82. The molecule has 0 aromatic rings. The van der Waals surface area contributed by atoms with Crippen LogP contribution >= 0.6 is 36.8 Å². The van der Waals surface area contributed by atoms with Gasteiger partial charge in [-0.05, 0) is 27.2 Å². The first-order valence-corrected chi connectivity index (χ1v) is 4.62. The Bertz CT molecular complexity index is 78.2. The Morgan fingerprint density at radius 2 is 1.78 bits per heavy atom. The van der Waals surface area contributed by atoms with E-state index in [1.807, 2.05) is 6.92 Å². The first kappa shape index (κ1) is 10.2. The summed E-state index contributed by atoms with van der Waals surface area (Å²) < 4.78 is -0.0295. The molecule has 0 aromatic heterocycles. The lowest BCUT2D eigenvalue weighted by Gasteiger charge is -2.24. The van der Waals surface area contributed by atoms with Crippen molar-refractivity contribution in [2.24, 2.45) is 0 Å². The van der Waals surface area contributed by atoms with E-state index in [0.717, 1.165) is 6.42 Å². The monoisotopic (exact) mass is 230 g/mol. The van der Waals surface area contributed by atoms with Crippen molar-refractivity contribution in [1.82, 2.24) is 0 Å². The summed E-state index contributed by atoms with van der Waals surface area (Å²) in [6.45, 7) is 6.21. The van der Waals surface area contributed by atoms with Gasteiger partial charge in [0.2, 0.25) is 0 Å². The number of hydrogen-bond donors (Lipinski definition) is 0. The van der Waals surface area contributed by atoms with Crippen molar-refractivity contribution in [3.8, 4) is 0 Å². The number of alkyl halides is 2. The van der Waals surface area contributed by atoms with Gasteiger partial charge < -0.3 is 0 Å². The zero-order valence-corrected chi connectivity index (χ0v) is 9.54. The standard InChI is InChI=1S/C6H13BrClP/c1-5(2,7)4-6(3,8)9/h4,9H2,1-3H3. The van der Waals surface area contributed by atoms with E-state index in [1.165, 1.54) is 0 Å². The third-order valence-corrected chi connectivity index (χ3v) is 1.38. The lowest BCUT2D eigenvalue weighted by atomic mass is 10.1. The predicted molar refractivity (Wildman–Crippen MR) is 51.6 cm³/mol. The van der Waals surface area contributed by atoms with E-state index in [0.29, 0.717) is 0 Å². The Labute approximate surface area is 73.1 Å². The van der Waals surface area contributed by atoms with Gasteiger partial charge in [0.05, 0.1) is 4.62 Å². The molecule has 3 heteroatoms. The molecule has 0 saturated heterocycles. The Morgan fingerprint density at radius 1 is 1.44 bits per heavy atom. The van der Waals surface area contributed by atoms with Crippen molar-refractivity contribution in [2.45, 2.75) is 36.1 Å². The van der Waals surface area contributed by atoms with Crippen LogP contribution in [0.2, 0.25) is 0 Å². The van der Waals surface area contributed by atoms with Crippen molar-refractivity contribution in [2.75, 3.05) is 0 Å². The van der Waals surface area contributed by atoms with Crippen molar-refractivity contribution in [3.63, 3.8) is 0 Å². The fourth-order valence-corrected chi connectivity index (χ4v) is 2.71. The van der Waals surface area contributed by atoms with E-state index in [4.69, 9.17) is 11.6 Å². The van der Waals surface area contributed by atoms with E-state index in [-0.39, 0.29) is 8.94 Å². The van der Waals surface area contributed by atoms with Gasteiger partial charge in [-0.2, -0.15) is 0 Å². The van der Waals surface area contributed by atoms with Crippen LogP contribution in [0.25, 0.3) is 0 Å². The SMILES string of the molecule is CC(P)(Cl)CC(C)(C)Br. The van der Waals surface area contributed by atoms with Crippen LogP contribution in [0, 0.1) is 0 Å². The van der Waals surface area contributed by atoms with Gasteiger partial charge >= 0.3 is 0 Å². The normalized spacial score (nSPS) is 19.3. The molecule has 2 unspecified atom stereocenters. The van der Waals surface area contributed by atoms with E-state index in [9.17, 15) is 0 Å². The van der Waals surface area contributed by atoms with Gasteiger partial charge in [-0.3, -0.25) is 0 Å². The summed E-state index contributed by atoms with van der Waals surface area (Å²) in [4.78, 5) is 0. The maximum absolute atomic E-state index is 5.95. The average molecular weight is 232 g/mol. The summed E-state index contributed by atoms with van der Waals surface area (Å²) in [5.74, 6) is 0. The first-order valence-electron chi connectivity index (χ1n) is 2.87. The highest BCUT2D eigenvalue weighted by Gasteiger charge is 2.24. The smallest absolute Gasteiger partial charge is 0.0569 e. The highest BCUT2D eigenvalue weighted by Crippen LogP contribution is 2.36. The topological polar surface area (TPSA) is 0 Å². The van der Waals surface area contributed by atoms with Crippen molar-refractivity contribution in [1.29, 1.82) is 0 Å². The molecule has 0 spiro atoms. The minimum Gasteiger partial charge on any atom is -0.115 e. The molecule has 0 amide bonds. The van der Waals surface area contributed by atoms with E-state index >= 15 is 0 Å². The molecular formula is C6H13BrClP. The van der Waals surface area contributed by atoms with Crippen LogP contribution in [-0.4, -0.2) is 8.94 Å². The number of halogens is 2. The lowest BCUT2D eigenvalue weighted by Crippen LogP contribution is -2.20. The largest absolute Gasteiger partial charge is 0.115 e. The molecule has 0 heterocycles. The van der Waals surface area contributed by atoms with E-state index in [2.05, 4.69) is 39.0 Å². The number of rotatable bonds is 2. The molecular weight excluding hydrogens is 218 g/mol. The maximum Gasteiger partial charge on any atom is 0.0569 e. The molecule has 0 nitrogen and oxygen atoms in total. The first-order chi connectivity index (χ1) is 3.71. The van der Waals surface area contributed by atoms with Crippen molar-refractivity contribution < 1.29 is 0 Å². The van der Waals surface area contributed by atoms with Crippen LogP contribution in [0.5, 0.6) is 0 Å². The van der Waals surface area contributed by atoms with Gasteiger partial charge in [0, 0.05) is 4.32 Å². The summed E-state index contributed by atoms with van der Waals surface area (Å²) >= 11 is 9.47. The van der Waals surface area contributed by atoms with Crippen LogP contribution in [-0.2, 0) is 0 Å². The Morgan fingerprint density at radius 3 is 1.78 bits per heavy atom. The minimum atomic E-state index is -0.174. The average Bonchev–Trinajstić information content (AvgIpc) is 1.14. The summed E-state index contributed by atoms with van der Waals surface area (Å²) in [6.07, 6.45) is 0.937. The molecule has 0 aliphatic rings. The zero-order chi connectivity index (χ0) is 7.71. The van der Waals surface area contributed by atoms with Crippen molar-refractivity contribution >= 4 is 36.8 Å². The fourth-order valence-electron chi connectivity index (χ4n) is 0.822. The molecule has 0 aliphatic carbocycles. The van der Waals surface area contributed by atoms with Crippen LogP contribution in [0.4, 0.5) is 0 Å². The predicted octanol–water partition coefficient (Wildman–Crippen LogP) is 3.38. The number of hydrogen-bond acceptors (Lipinski definition) is 0. The molecule has 0 N–H and O–H groups in total. The van der Waals surface area contributed by atoms with Crippen molar-refractivity contribution in [3.05, 3.63) is 0 Å². The molecule has 56 valence electrons. The van der Waals surface area contributed by atoms with Crippen LogP contribution in [0.15, 0.2) is 0 Å². The molecule has 0 rings (SSSR count). The maximum atomic E-state index is 5.95. The van der Waals surface area contributed by atoms with Gasteiger partial charge in [-0.15, -0.1) is 20.8 Å². The van der Waals surface area contributed by atoms with Gasteiger partial charge in [-0.25, -0.2) is 0 Å². The highest BCUT2D eigenvalue weighted by molar-refractivity contribution is 9.10. The second kappa shape index (κ2) is 3.07. The summed E-state index contributed by atoms with van der Waals surface area (Å²) in [5, 5.41) is 0. The van der Waals surface area contributed by atoms with Crippen LogP contribution in [0.3, 0.4) is 0 Å². The minimum absolute atomic E-state index is 0.144. The molecule has 0 fully saturated rings. The molecule has 9 heavy (non-hydrogen) atoms.